The molecule has 1 unspecified atom stereocenters. The van der Waals surface area contributed by atoms with Crippen LogP contribution in [0.3, 0.4) is 0 Å². The number of imidazole rings is 1. The fraction of sp³-hybridized carbons (Fsp3) is 0.238. The topological polar surface area (TPSA) is 38.1 Å². The second kappa shape index (κ2) is 6.95. The third kappa shape index (κ3) is 3.35. The van der Waals surface area contributed by atoms with Gasteiger partial charge in [0.2, 0.25) is 5.91 Å². The van der Waals surface area contributed by atoms with Gasteiger partial charge < -0.3 is 9.47 Å². The number of rotatable bonds is 3. The third-order valence-electron chi connectivity index (χ3n) is 4.98. The average Bonchev–Trinajstić information content (AvgIpc) is 3.25. The minimum absolute atomic E-state index is 0.0653. The van der Waals surface area contributed by atoms with Crippen molar-refractivity contribution in [2.45, 2.75) is 19.4 Å². The Balaban J connectivity index is 1.50. The van der Waals surface area contributed by atoms with E-state index in [2.05, 4.69) is 9.55 Å². The van der Waals surface area contributed by atoms with Crippen LogP contribution < -0.4 is 0 Å². The quantitative estimate of drug-likeness (QED) is 0.654. The molecule has 1 atom stereocenters. The van der Waals surface area contributed by atoms with E-state index in [-0.39, 0.29) is 17.5 Å². The first kappa shape index (κ1) is 17.4. The number of halogens is 2. The van der Waals surface area contributed by atoms with Crippen LogP contribution in [0.1, 0.15) is 23.9 Å². The second-order valence-electron chi connectivity index (χ2n) is 6.74. The molecule has 138 valence electrons. The number of aromatic nitrogens is 2. The molecule has 1 aliphatic heterocycles. The van der Waals surface area contributed by atoms with Gasteiger partial charge in [-0.3, -0.25) is 4.79 Å². The van der Waals surface area contributed by atoms with Gasteiger partial charge in [-0.05, 0) is 49.8 Å². The van der Waals surface area contributed by atoms with Gasteiger partial charge in [0.05, 0.1) is 17.1 Å². The van der Waals surface area contributed by atoms with Gasteiger partial charge >= 0.3 is 0 Å². The number of likely N-dealkylation sites (tertiary alicyclic amines) is 1. The molecule has 0 radical (unpaired) electrons. The van der Waals surface area contributed by atoms with Crippen LogP contribution in [-0.4, -0.2) is 33.4 Å². The van der Waals surface area contributed by atoms with Crippen molar-refractivity contribution >= 4 is 23.0 Å². The van der Waals surface area contributed by atoms with Crippen LogP contribution in [0, 0.1) is 18.6 Å². The highest BCUT2D eigenvalue weighted by atomic mass is 19.1. The molecule has 2 aromatic carbocycles. The number of benzene rings is 2. The number of aryl methyl sites for hydroxylation is 1. The molecule has 1 aromatic heterocycles. The predicted molar refractivity (Wildman–Crippen MR) is 100 cm³/mol. The lowest BCUT2D eigenvalue weighted by Gasteiger charge is -2.17. The first-order valence-electron chi connectivity index (χ1n) is 8.88. The van der Waals surface area contributed by atoms with Crippen molar-refractivity contribution in [3.05, 3.63) is 71.6 Å². The summed E-state index contributed by atoms with van der Waals surface area (Å²) in [5.74, 6) is -0.372. The molecule has 3 aromatic rings. The van der Waals surface area contributed by atoms with Crippen molar-refractivity contribution in [2.75, 3.05) is 13.1 Å². The van der Waals surface area contributed by atoms with E-state index in [9.17, 15) is 13.6 Å². The molecule has 4 rings (SSSR count). The number of fused-ring (bicyclic) bond motifs is 1. The van der Waals surface area contributed by atoms with E-state index < -0.39 is 11.6 Å². The summed E-state index contributed by atoms with van der Waals surface area (Å²) in [5.41, 5.74) is 2.07. The maximum Gasteiger partial charge on any atom is 0.246 e. The first-order chi connectivity index (χ1) is 13.0. The van der Waals surface area contributed by atoms with Crippen LogP contribution in [0.15, 0.2) is 48.5 Å². The minimum atomic E-state index is -0.555. The van der Waals surface area contributed by atoms with Gasteiger partial charge in [-0.1, -0.05) is 12.1 Å². The lowest BCUT2D eigenvalue weighted by molar-refractivity contribution is -0.125. The lowest BCUT2D eigenvalue weighted by atomic mass is 10.2. The molecule has 0 aliphatic carbocycles. The van der Waals surface area contributed by atoms with Crippen LogP contribution in [-0.2, 0) is 4.79 Å². The number of amides is 1. The second-order valence-corrected chi connectivity index (χ2v) is 6.74. The Morgan fingerprint density at radius 1 is 1.22 bits per heavy atom. The van der Waals surface area contributed by atoms with Crippen LogP contribution in [0.5, 0.6) is 0 Å². The number of carbonyl (C=O) groups excluding carboxylic acids is 1. The highest BCUT2D eigenvalue weighted by Crippen LogP contribution is 2.28. The smallest absolute Gasteiger partial charge is 0.246 e. The molecule has 1 aliphatic rings. The predicted octanol–water partition coefficient (Wildman–Crippen LogP) is 4.11. The molecular weight excluding hydrogens is 348 g/mol. The molecule has 4 nitrogen and oxygen atoms in total. The highest BCUT2D eigenvalue weighted by Gasteiger charge is 2.28. The molecule has 0 saturated carbocycles. The van der Waals surface area contributed by atoms with Gasteiger partial charge in [0.25, 0.3) is 0 Å². The summed E-state index contributed by atoms with van der Waals surface area (Å²) < 4.78 is 29.1. The zero-order valence-electron chi connectivity index (χ0n) is 14.9. The van der Waals surface area contributed by atoms with Crippen LogP contribution in [0.2, 0.25) is 0 Å². The Morgan fingerprint density at radius 3 is 2.89 bits per heavy atom. The van der Waals surface area contributed by atoms with Crippen LogP contribution in [0.25, 0.3) is 17.1 Å². The zero-order chi connectivity index (χ0) is 19.0. The number of carbonyl (C=O) groups is 1. The van der Waals surface area contributed by atoms with E-state index in [1.807, 2.05) is 31.2 Å². The summed E-state index contributed by atoms with van der Waals surface area (Å²) in [7, 11) is 0. The molecule has 1 saturated heterocycles. The van der Waals surface area contributed by atoms with Crippen LogP contribution in [0.4, 0.5) is 8.78 Å². The summed E-state index contributed by atoms with van der Waals surface area (Å²) in [6.07, 6.45) is 3.46. The summed E-state index contributed by atoms with van der Waals surface area (Å²) >= 11 is 0. The van der Waals surface area contributed by atoms with Crippen molar-refractivity contribution < 1.29 is 13.6 Å². The van der Waals surface area contributed by atoms with Crippen molar-refractivity contribution in [3.63, 3.8) is 0 Å². The molecular formula is C21H19F2N3O. The van der Waals surface area contributed by atoms with E-state index in [1.54, 1.807) is 4.90 Å². The van der Waals surface area contributed by atoms with E-state index in [0.717, 1.165) is 41.5 Å². The fourth-order valence-corrected chi connectivity index (χ4v) is 3.69. The highest BCUT2D eigenvalue weighted by molar-refractivity contribution is 5.92. The average molecular weight is 367 g/mol. The van der Waals surface area contributed by atoms with Crippen molar-refractivity contribution in [1.29, 1.82) is 0 Å². The van der Waals surface area contributed by atoms with Gasteiger partial charge in [-0.25, -0.2) is 13.8 Å². The van der Waals surface area contributed by atoms with Crippen molar-refractivity contribution in [3.8, 4) is 0 Å². The van der Waals surface area contributed by atoms with Crippen LogP contribution >= 0.6 is 0 Å². The maximum atomic E-state index is 13.7. The molecule has 27 heavy (non-hydrogen) atoms. The molecule has 6 heteroatoms. The molecule has 1 amide bonds. The molecule has 2 heterocycles. The Labute approximate surface area is 155 Å². The normalized spacial score (nSPS) is 17.3. The molecule has 1 fully saturated rings. The van der Waals surface area contributed by atoms with Gasteiger partial charge in [0, 0.05) is 24.7 Å². The first-order valence-corrected chi connectivity index (χ1v) is 8.88. The Hall–Kier alpha value is -3.02. The van der Waals surface area contributed by atoms with Gasteiger partial charge in [0.15, 0.2) is 0 Å². The third-order valence-corrected chi connectivity index (χ3v) is 4.98. The Bertz CT molecular complexity index is 1040. The molecule has 0 bridgehead atoms. The number of nitrogens with zero attached hydrogens (tertiary/aromatic N) is 3. The fourth-order valence-electron chi connectivity index (χ4n) is 3.69. The summed E-state index contributed by atoms with van der Waals surface area (Å²) in [6, 6.07) is 11.3. The molecule has 0 spiro atoms. The van der Waals surface area contributed by atoms with Gasteiger partial charge in [0.1, 0.15) is 17.5 Å². The standard InChI is InChI=1S/C21H19F2N3O/c1-14-24-19-4-2-3-5-20(19)26(14)17-10-11-25(13-17)21(27)9-6-15-12-16(22)7-8-18(15)23/h2-9,12,17H,10-11,13H2,1H3. The van der Waals surface area contributed by atoms with E-state index in [1.165, 1.54) is 12.2 Å². The SMILES string of the molecule is Cc1nc2ccccc2n1C1CCN(C(=O)C=Cc2cc(F)ccc2F)C1. The summed E-state index contributed by atoms with van der Waals surface area (Å²) in [6.45, 7) is 3.15. The monoisotopic (exact) mass is 367 g/mol. The van der Waals surface area contributed by atoms with Gasteiger partial charge in [-0.2, -0.15) is 0 Å². The van der Waals surface area contributed by atoms with E-state index >= 15 is 0 Å². The molecule has 0 N–H and O–H groups in total. The summed E-state index contributed by atoms with van der Waals surface area (Å²) in [5, 5.41) is 0. The Kier molecular flexibility index (Phi) is 4.48. The van der Waals surface area contributed by atoms with E-state index in [4.69, 9.17) is 0 Å². The Morgan fingerprint density at radius 2 is 2.04 bits per heavy atom. The summed E-state index contributed by atoms with van der Waals surface area (Å²) in [4.78, 5) is 18.8. The largest absolute Gasteiger partial charge is 0.337 e. The number of hydrogen-bond donors (Lipinski definition) is 0. The minimum Gasteiger partial charge on any atom is -0.337 e. The number of hydrogen-bond acceptors (Lipinski definition) is 2. The zero-order valence-corrected chi connectivity index (χ0v) is 14.9. The number of para-hydroxylation sites is 2. The van der Waals surface area contributed by atoms with Gasteiger partial charge in [-0.15, -0.1) is 0 Å². The van der Waals surface area contributed by atoms with Crippen molar-refractivity contribution in [2.24, 2.45) is 0 Å². The lowest BCUT2D eigenvalue weighted by Crippen LogP contribution is -2.27. The van der Waals surface area contributed by atoms with Crippen molar-refractivity contribution in [1.82, 2.24) is 14.5 Å². The maximum absolute atomic E-state index is 13.7. The van der Waals surface area contributed by atoms with E-state index in [0.29, 0.717) is 13.1 Å².